The standard InChI is InChI=1S/C21H23BrN6O.2C19H21BrN6O.C18H20BrN7O/c22-17-13-25-28-19(24-12-14-2-1-7-23-11-14)10-18(26-20(17)28)15-5-8-27(9-6-15)21(29)16-3-4-16;1-13(27)25-7-4-15(5-8-25)17-9-18(22-11-14-3-2-6-21-10-14)26-19(24-17)16(20)12-23-26;20-15-11-24-26-17(23-10-12-3-2-6-22-9-12)8-16(25-19(15)26)13-4-1-5-14(7-13)18(21)27;19-14-11-23-26-16(22-10-12-2-1-5-21-9-12)8-15(24-17(14)26)13-3-6-25(7-4-13)18(20)27/h1-2,7,10-11,13,15-16,24H,3-6,8-9,12H2;2-3,6,9-10,12,15,22H,4-5,7-8,11H2,1H3;2-3,6,8-9,11,13-14,23H,1,4-5,7,10H2,(H2,21,27);1-2,5,8-9,11,13,22H,3-4,6-7,10H2,(H2,20,27). The fourth-order valence-electron chi connectivity index (χ4n) is 14.5. The molecule has 5 fully saturated rings. The largest absolute Gasteiger partial charge is 0.369 e. The molecule has 3 aliphatic heterocycles. The van der Waals surface area contributed by atoms with E-state index in [1.807, 2.05) is 104 Å². The first kappa shape index (κ1) is 76.6. The van der Waals surface area contributed by atoms with Gasteiger partial charge < -0.3 is 47.4 Å². The Balaban J connectivity index is 0.000000122. The molecule has 0 bridgehead atoms. The number of nitrogens with zero attached hydrogens (tertiary/aromatic N) is 19. The van der Waals surface area contributed by atoms with Crippen LogP contribution in [0.2, 0.25) is 0 Å². The monoisotopic (exact) mass is 1740 g/mol. The third-order valence-corrected chi connectivity index (χ3v) is 23.0. The molecular formula is C77H85Br4N25O4. The lowest BCUT2D eigenvalue weighted by atomic mass is 9.79. The van der Waals surface area contributed by atoms with Gasteiger partial charge in [-0.3, -0.25) is 34.3 Å². The molecule has 5 aliphatic rings. The molecule has 3 saturated heterocycles. The predicted molar refractivity (Wildman–Crippen MR) is 432 cm³/mol. The molecule has 8 N–H and O–H groups in total. The zero-order valence-corrected chi connectivity index (χ0v) is 67.0. The number of hydrogen-bond donors (Lipinski definition) is 6. The van der Waals surface area contributed by atoms with Gasteiger partial charge in [-0.05, 0) is 181 Å². The van der Waals surface area contributed by atoms with Gasteiger partial charge in [-0.15, -0.1) is 0 Å². The summed E-state index contributed by atoms with van der Waals surface area (Å²) in [5.41, 5.74) is 22.6. The second-order valence-corrected chi connectivity index (χ2v) is 31.7. The van der Waals surface area contributed by atoms with E-state index in [9.17, 15) is 19.2 Å². The second-order valence-electron chi connectivity index (χ2n) is 28.3. The van der Waals surface area contributed by atoms with E-state index >= 15 is 0 Å². The molecule has 0 aromatic carbocycles. The van der Waals surface area contributed by atoms with Gasteiger partial charge in [0.15, 0.2) is 22.6 Å². The number of nitrogens with two attached hydrogens (primary N) is 2. The molecule has 2 aliphatic carbocycles. The molecule has 5 amide bonds. The van der Waals surface area contributed by atoms with E-state index in [2.05, 4.69) is 137 Å². The smallest absolute Gasteiger partial charge is 0.314 e. The van der Waals surface area contributed by atoms with Crippen LogP contribution < -0.4 is 32.7 Å². The van der Waals surface area contributed by atoms with Gasteiger partial charge in [-0.25, -0.2) is 24.7 Å². The number of piperidine rings is 3. The maximum Gasteiger partial charge on any atom is 0.314 e. The summed E-state index contributed by atoms with van der Waals surface area (Å²) in [4.78, 5) is 88.6. The highest BCUT2D eigenvalue weighted by atomic mass is 79.9. The number of amides is 5. The number of rotatable bonds is 18. The first-order valence-corrected chi connectivity index (χ1v) is 40.3. The van der Waals surface area contributed by atoms with Crippen molar-refractivity contribution >= 4 is 133 Å². The third kappa shape index (κ3) is 18.8. The lowest BCUT2D eigenvalue weighted by Gasteiger charge is -2.32. The van der Waals surface area contributed by atoms with E-state index in [-0.39, 0.29) is 35.6 Å². The minimum Gasteiger partial charge on any atom is -0.369 e. The Bertz CT molecular complexity index is 5000. The van der Waals surface area contributed by atoms with Crippen LogP contribution in [-0.4, -0.2) is 156 Å². The second kappa shape index (κ2) is 35.7. The number of aromatic nitrogens is 16. The highest BCUT2D eigenvalue weighted by Crippen LogP contribution is 2.39. The topological polar surface area (TPSA) is 350 Å². The molecule has 2 atom stereocenters. The number of urea groups is 1. The van der Waals surface area contributed by atoms with Gasteiger partial charge in [0.2, 0.25) is 17.7 Å². The van der Waals surface area contributed by atoms with Crippen molar-refractivity contribution in [2.45, 2.75) is 134 Å². The molecule has 12 aromatic heterocycles. The van der Waals surface area contributed by atoms with Crippen LogP contribution in [0.1, 0.15) is 153 Å². The predicted octanol–water partition coefficient (Wildman–Crippen LogP) is 12.9. The van der Waals surface area contributed by atoms with Gasteiger partial charge in [0.1, 0.15) is 23.3 Å². The number of carbonyl (C=O) groups excluding carboxylic acids is 4. The molecule has 110 heavy (non-hydrogen) atoms. The Kier molecular flexibility index (Phi) is 24.9. The zero-order chi connectivity index (χ0) is 76.2. The number of nitrogens with one attached hydrogen (secondary N) is 4. The zero-order valence-electron chi connectivity index (χ0n) is 60.7. The Labute approximate surface area is 668 Å². The van der Waals surface area contributed by atoms with E-state index < -0.39 is 0 Å². The molecule has 17 rings (SSSR count). The van der Waals surface area contributed by atoms with Crippen molar-refractivity contribution in [2.24, 2.45) is 23.3 Å². The number of carbonyl (C=O) groups is 4. The van der Waals surface area contributed by atoms with Crippen LogP contribution >= 0.6 is 63.7 Å². The van der Waals surface area contributed by atoms with Crippen molar-refractivity contribution in [3.63, 3.8) is 0 Å². The molecule has 12 aromatic rings. The minimum atomic E-state index is -0.353. The van der Waals surface area contributed by atoms with Crippen molar-refractivity contribution in [1.82, 2.24) is 93.0 Å². The van der Waals surface area contributed by atoms with E-state index in [1.54, 1.807) is 70.4 Å². The number of likely N-dealkylation sites (tertiary alicyclic amines) is 3. The van der Waals surface area contributed by atoms with Crippen LogP contribution in [-0.2, 0) is 40.6 Å². The fourth-order valence-corrected chi connectivity index (χ4v) is 15.9. The summed E-state index contributed by atoms with van der Waals surface area (Å²) < 4.78 is 10.7. The molecule has 0 radical (unpaired) electrons. The van der Waals surface area contributed by atoms with Gasteiger partial charge in [-0.2, -0.15) is 38.5 Å². The van der Waals surface area contributed by atoms with E-state index in [0.29, 0.717) is 62.9 Å². The van der Waals surface area contributed by atoms with E-state index in [4.69, 9.17) is 31.4 Å². The Morgan fingerprint density at radius 1 is 0.400 bits per heavy atom. The van der Waals surface area contributed by atoms with E-state index in [1.165, 1.54) is 0 Å². The number of hydrogen-bond acceptors (Lipinski definition) is 20. The normalized spacial score (nSPS) is 17.0. The molecule has 33 heteroatoms. The van der Waals surface area contributed by atoms with Crippen LogP contribution in [0, 0.1) is 11.8 Å². The van der Waals surface area contributed by atoms with Gasteiger partial charge in [0, 0.05) is 204 Å². The molecule has 570 valence electrons. The Hall–Kier alpha value is -10.1. The summed E-state index contributed by atoms with van der Waals surface area (Å²) in [7, 11) is 0. The lowest BCUT2D eigenvalue weighted by Crippen LogP contribution is -2.41. The number of fused-ring (bicyclic) bond motifs is 4. The average molecular weight is 1740 g/mol. The molecule has 15 heterocycles. The summed E-state index contributed by atoms with van der Waals surface area (Å²) in [6.45, 7) is 8.77. The van der Waals surface area contributed by atoms with Crippen molar-refractivity contribution < 1.29 is 19.2 Å². The van der Waals surface area contributed by atoms with Crippen LogP contribution in [0.15, 0.2) is 165 Å². The first-order chi connectivity index (χ1) is 53.5. The van der Waals surface area contributed by atoms with Crippen molar-refractivity contribution in [1.29, 1.82) is 0 Å². The minimum absolute atomic E-state index is 0.0677. The lowest BCUT2D eigenvalue weighted by molar-refractivity contribution is -0.133. The van der Waals surface area contributed by atoms with Crippen molar-refractivity contribution in [3.05, 3.63) is 210 Å². The number of anilines is 4. The Morgan fingerprint density at radius 3 is 1.01 bits per heavy atom. The summed E-state index contributed by atoms with van der Waals surface area (Å²) in [6, 6.07) is 23.8. The van der Waals surface area contributed by atoms with Crippen LogP contribution in [0.25, 0.3) is 22.6 Å². The van der Waals surface area contributed by atoms with Crippen molar-refractivity contribution in [2.75, 3.05) is 60.5 Å². The highest BCUT2D eigenvalue weighted by molar-refractivity contribution is 9.11. The van der Waals surface area contributed by atoms with E-state index in [0.717, 1.165) is 212 Å². The summed E-state index contributed by atoms with van der Waals surface area (Å²) in [6.07, 6.45) is 32.7. The van der Waals surface area contributed by atoms with Crippen molar-refractivity contribution in [3.8, 4) is 0 Å². The quantitative estimate of drug-likeness (QED) is 0.0465. The third-order valence-electron chi connectivity index (χ3n) is 20.8. The van der Waals surface area contributed by atoms with Gasteiger partial charge in [0.25, 0.3) is 0 Å². The molecular weight excluding hydrogens is 1660 g/mol. The maximum absolute atomic E-state index is 12.3. The maximum atomic E-state index is 12.3. The van der Waals surface area contributed by atoms with Crippen LogP contribution in [0.5, 0.6) is 0 Å². The SMILES string of the molecule is CC(=O)N1CCC(c2cc(NCc3cccnc3)n3ncc(Br)c3n2)CC1.NC(=O)C1CCCC(c2cc(NCc3cccnc3)n3ncc(Br)c3n2)C1.NC(=O)N1CCC(c2cc(NCc3cccnc3)n3ncc(Br)c3n2)CC1.O=C(C1CC1)N1CCC(c2cc(NCc3cccnc3)n3ncc(Br)c3n2)CC1. The summed E-state index contributed by atoms with van der Waals surface area (Å²) >= 11 is 14.2. The Morgan fingerprint density at radius 2 is 0.718 bits per heavy atom. The number of primary amides is 2. The van der Waals surface area contributed by atoms with Crippen LogP contribution in [0.4, 0.5) is 28.1 Å². The molecule has 0 spiro atoms. The average Bonchev–Trinajstić information content (AvgIpc) is 1.62. The highest BCUT2D eigenvalue weighted by Gasteiger charge is 2.36. The summed E-state index contributed by atoms with van der Waals surface area (Å²) in [5, 5.41) is 31.5. The molecule has 2 saturated carbocycles. The van der Waals surface area contributed by atoms with Crippen LogP contribution in [0.3, 0.4) is 0 Å². The van der Waals surface area contributed by atoms with Gasteiger partial charge in [-0.1, -0.05) is 30.7 Å². The first-order valence-electron chi connectivity index (χ1n) is 37.1. The molecule has 2 unspecified atom stereocenters. The molecule has 29 nitrogen and oxygen atoms in total. The number of pyridine rings is 4. The number of halogens is 4. The fraction of sp³-hybridized carbons (Fsp3) is 0.377. The van der Waals surface area contributed by atoms with Gasteiger partial charge in [0.05, 0.1) is 42.7 Å². The summed E-state index contributed by atoms with van der Waals surface area (Å²) in [5.74, 6) is 5.28. The van der Waals surface area contributed by atoms with Gasteiger partial charge >= 0.3 is 6.03 Å².